The fourth-order valence-electron chi connectivity index (χ4n) is 11.5. The van der Waals surface area contributed by atoms with E-state index in [1.165, 1.54) is 50.1 Å². The van der Waals surface area contributed by atoms with Crippen molar-refractivity contribution in [3.63, 3.8) is 0 Å². The first-order valence-corrected chi connectivity index (χ1v) is 29.8. The van der Waals surface area contributed by atoms with E-state index in [-0.39, 0.29) is 6.04 Å². The molecule has 4 heteroatoms. The summed E-state index contributed by atoms with van der Waals surface area (Å²) < 4.78 is 0. The predicted molar refractivity (Wildman–Crippen MR) is 364 cm³/mol. The van der Waals surface area contributed by atoms with Gasteiger partial charge in [0.2, 0.25) is 0 Å². The normalized spacial score (nSPS) is 12.8. The summed E-state index contributed by atoms with van der Waals surface area (Å²) in [4.78, 5) is 11.9. The molecule has 414 valence electrons. The van der Waals surface area contributed by atoms with E-state index in [0.29, 0.717) is 0 Å². The lowest BCUT2D eigenvalue weighted by Crippen LogP contribution is -2.39. The van der Waals surface area contributed by atoms with Crippen molar-refractivity contribution in [2.24, 2.45) is 4.99 Å². The Kier molecular flexibility index (Phi) is 16.8. The van der Waals surface area contributed by atoms with Crippen LogP contribution >= 0.6 is 0 Å². The third-order valence-electron chi connectivity index (χ3n) is 16.4. The van der Waals surface area contributed by atoms with Crippen molar-refractivity contribution in [2.75, 3.05) is 21.7 Å². The molecule has 0 heterocycles. The van der Waals surface area contributed by atoms with Crippen LogP contribution < -0.4 is 14.7 Å². The van der Waals surface area contributed by atoms with E-state index in [9.17, 15) is 0 Å². The number of hydrogen-bond donors (Lipinski definition) is 0. The fraction of sp³-hybridized carbons (Fsp3) is 0.0988. The number of allylic oxidation sites excluding steroid dienone is 6. The van der Waals surface area contributed by atoms with Gasteiger partial charge in [-0.15, -0.1) is 0 Å². The molecular formula is C81H70N4. The Hall–Kier alpha value is -10.3. The maximum Gasteiger partial charge on any atom is 0.135 e. The molecule has 0 fully saturated rings. The minimum Gasteiger partial charge on any atom is -0.323 e. The summed E-state index contributed by atoms with van der Waals surface area (Å²) in [6.45, 7) is 6.70. The third-order valence-corrected chi connectivity index (χ3v) is 16.4. The molecule has 0 amide bonds. The van der Waals surface area contributed by atoms with Crippen LogP contribution in [0.2, 0.25) is 0 Å². The second-order valence-electron chi connectivity index (χ2n) is 21.9. The predicted octanol–water partition coefficient (Wildman–Crippen LogP) is 22.3. The number of amidine groups is 1. The molecule has 0 saturated carbocycles. The van der Waals surface area contributed by atoms with E-state index in [1.54, 1.807) is 0 Å². The van der Waals surface area contributed by atoms with Gasteiger partial charge in [-0.3, -0.25) is 4.99 Å². The maximum atomic E-state index is 4.84. The van der Waals surface area contributed by atoms with E-state index in [4.69, 9.17) is 4.99 Å². The van der Waals surface area contributed by atoms with Crippen molar-refractivity contribution in [1.82, 2.24) is 0 Å². The molecule has 11 aromatic carbocycles. The molecule has 1 aliphatic rings. The van der Waals surface area contributed by atoms with Crippen LogP contribution in [0.25, 0.3) is 61.2 Å². The Bertz CT molecular complexity index is 4090. The first-order chi connectivity index (χ1) is 41.9. The number of rotatable bonds is 16. The summed E-state index contributed by atoms with van der Waals surface area (Å²) in [5.41, 5.74) is 24.3. The van der Waals surface area contributed by atoms with Gasteiger partial charge >= 0.3 is 0 Å². The average Bonchev–Trinajstić information content (AvgIpc) is 3.76. The molecule has 0 aliphatic heterocycles. The highest BCUT2D eigenvalue weighted by Gasteiger charge is 2.21. The highest BCUT2D eigenvalue weighted by molar-refractivity contribution is 6.10. The molecule has 0 saturated heterocycles. The molecule has 12 rings (SSSR count). The van der Waals surface area contributed by atoms with E-state index < -0.39 is 0 Å². The van der Waals surface area contributed by atoms with E-state index in [1.807, 2.05) is 7.05 Å². The fourth-order valence-corrected chi connectivity index (χ4v) is 11.5. The van der Waals surface area contributed by atoms with Gasteiger partial charge in [0, 0.05) is 58.5 Å². The number of para-hydroxylation sites is 1. The van der Waals surface area contributed by atoms with Gasteiger partial charge < -0.3 is 14.7 Å². The third kappa shape index (κ3) is 12.6. The van der Waals surface area contributed by atoms with Crippen molar-refractivity contribution in [2.45, 2.75) is 46.1 Å². The molecule has 1 aliphatic carbocycles. The zero-order valence-corrected chi connectivity index (χ0v) is 48.9. The summed E-state index contributed by atoms with van der Waals surface area (Å²) in [7, 11) is 1.89. The van der Waals surface area contributed by atoms with Gasteiger partial charge in [0.15, 0.2) is 0 Å². The molecule has 0 N–H and O–H groups in total. The van der Waals surface area contributed by atoms with Gasteiger partial charge in [-0.1, -0.05) is 237 Å². The van der Waals surface area contributed by atoms with Crippen LogP contribution in [-0.4, -0.2) is 18.9 Å². The summed E-state index contributed by atoms with van der Waals surface area (Å²) >= 11 is 0. The van der Waals surface area contributed by atoms with E-state index >= 15 is 0 Å². The van der Waals surface area contributed by atoms with Gasteiger partial charge in [-0.2, -0.15) is 0 Å². The molecule has 0 radical (unpaired) electrons. The molecule has 4 nitrogen and oxygen atoms in total. The Morgan fingerprint density at radius 2 is 0.671 bits per heavy atom. The highest BCUT2D eigenvalue weighted by Crippen LogP contribution is 2.41. The molecule has 0 bridgehead atoms. The average molecular weight is 1100 g/mol. The van der Waals surface area contributed by atoms with Crippen molar-refractivity contribution in [3.8, 4) is 55.6 Å². The Morgan fingerprint density at radius 3 is 1.01 bits per heavy atom. The van der Waals surface area contributed by atoms with Crippen molar-refractivity contribution in [1.29, 1.82) is 0 Å². The van der Waals surface area contributed by atoms with Crippen molar-refractivity contribution >= 4 is 51.2 Å². The van der Waals surface area contributed by atoms with Crippen LogP contribution in [0.3, 0.4) is 0 Å². The molecule has 0 aromatic heterocycles. The Labute approximate surface area is 503 Å². The minimum absolute atomic E-state index is 0.284. The van der Waals surface area contributed by atoms with Crippen LogP contribution in [0.4, 0.5) is 39.8 Å². The Morgan fingerprint density at radius 1 is 0.365 bits per heavy atom. The molecule has 0 spiro atoms. The quantitative estimate of drug-likeness (QED) is 0.0711. The molecule has 11 aromatic rings. The maximum absolute atomic E-state index is 4.84. The minimum atomic E-state index is 0.284. The number of hydrogen-bond acceptors (Lipinski definition) is 3. The SMILES string of the molecule is CCC(C)N(C(=NC)c1ccc(-c2ccc(N(c3ccc(-c4ccccc4)cc3)c3ccc(-c4ccc(N(c5ccc(-c6ccccc6)cc5)c5ccc(-c6ccc(C7=CC=C(C)CCC=C7)cc6)cc5)cc4)cc3)cc2)cc1)c1ccccc1. The number of nitrogens with zero attached hydrogens (tertiary/aromatic N) is 4. The smallest absolute Gasteiger partial charge is 0.135 e. The number of aliphatic imine (C=N–C) groups is 1. The van der Waals surface area contributed by atoms with Crippen molar-refractivity contribution in [3.05, 3.63) is 326 Å². The zero-order chi connectivity index (χ0) is 57.9. The molecule has 1 atom stereocenters. The van der Waals surface area contributed by atoms with Crippen LogP contribution in [0.5, 0.6) is 0 Å². The topological polar surface area (TPSA) is 22.1 Å². The van der Waals surface area contributed by atoms with Crippen LogP contribution in [0, 0.1) is 0 Å². The first kappa shape index (κ1) is 55.3. The Balaban J connectivity index is 0.821. The summed E-state index contributed by atoms with van der Waals surface area (Å²) in [6, 6.07) is 104. The summed E-state index contributed by atoms with van der Waals surface area (Å²) in [5, 5.41) is 0. The van der Waals surface area contributed by atoms with Gasteiger partial charge in [-0.25, -0.2) is 0 Å². The van der Waals surface area contributed by atoms with Crippen LogP contribution in [0.15, 0.2) is 320 Å². The van der Waals surface area contributed by atoms with Gasteiger partial charge in [0.1, 0.15) is 5.84 Å². The van der Waals surface area contributed by atoms with Crippen LogP contribution in [0.1, 0.15) is 51.2 Å². The lowest BCUT2D eigenvalue weighted by molar-refractivity contribution is 0.700. The van der Waals surface area contributed by atoms with Gasteiger partial charge in [0.25, 0.3) is 0 Å². The lowest BCUT2D eigenvalue weighted by atomic mass is 9.97. The van der Waals surface area contributed by atoms with E-state index in [2.05, 4.69) is 345 Å². The largest absolute Gasteiger partial charge is 0.323 e. The molecular weight excluding hydrogens is 1030 g/mol. The molecule has 1 unspecified atom stereocenters. The molecule has 85 heavy (non-hydrogen) atoms. The zero-order valence-electron chi connectivity index (χ0n) is 48.9. The monoisotopic (exact) mass is 1100 g/mol. The lowest BCUT2D eigenvalue weighted by Gasteiger charge is -2.32. The standard InChI is InChI=1S/C81H70N4/c1-5-60(3)83(74-23-13-8-14-24-74)81(82-4)73-33-31-66(32-34-73)70-41-53-78(54-42-70)85(76-49-37-68(38-50-76)62-20-11-7-12-21-62)80-57-45-72(46-58-80)71-43-55-79(56-44-71)84(75-47-35-67(36-48-75)61-18-9-6-10-19-61)77-51-39-69(40-52-77)65-29-27-64(28-30-65)63-22-16-15-17-59(2)25-26-63/h6-14,16,18-58,60H,5,15,17H2,1-4H3. The second kappa shape index (κ2) is 25.9. The summed E-state index contributed by atoms with van der Waals surface area (Å²) in [6.07, 6.45) is 12.2. The first-order valence-electron chi connectivity index (χ1n) is 29.8. The van der Waals surface area contributed by atoms with E-state index in [0.717, 1.165) is 92.7 Å². The van der Waals surface area contributed by atoms with Gasteiger partial charge in [0.05, 0.1) is 0 Å². The number of benzene rings is 11. The summed E-state index contributed by atoms with van der Waals surface area (Å²) in [5.74, 6) is 0.965. The number of anilines is 7. The highest BCUT2D eigenvalue weighted by atomic mass is 15.2. The van der Waals surface area contributed by atoms with Crippen molar-refractivity contribution < 1.29 is 0 Å². The van der Waals surface area contributed by atoms with Gasteiger partial charge in [-0.05, 0) is 185 Å². The second-order valence-corrected chi connectivity index (χ2v) is 21.9. The van der Waals surface area contributed by atoms with Crippen LogP contribution in [-0.2, 0) is 0 Å².